The summed E-state index contributed by atoms with van der Waals surface area (Å²) in [7, 11) is 0. The van der Waals surface area contributed by atoms with Crippen LogP contribution in [0.4, 0.5) is 5.82 Å². The molecule has 1 aliphatic heterocycles. The first kappa shape index (κ1) is 11.0. The molecule has 2 rings (SSSR count). The van der Waals surface area contributed by atoms with Crippen LogP contribution < -0.4 is 10.5 Å². The summed E-state index contributed by atoms with van der Waals surface area (Å²) in [6.45, 7) is 1.81. The van der Waals surface area contributed by atoms with Crippen molar-refractivity contribution in [2.24, 2.45) is 5.92 Å². The van der Waals surface area contributed by atoms with Crippen LogP contribution in [-0.2, 0) is 0 Å². The van der Waals surface area contributed by atoms with E-state index >= 15 is 0 Å². The number of anilines is 1. The van der Waals surface area contributed by atoms with E-state index in [9.17, 15) is 4.79 Å². The summed E-state index contributed by atoms with van der Waals surface area (Å²) in [4.78, 5) is 19.9. The van der Waals surface area contributed by atoms with E-state index in [2.05, 4.69) is 30.8 Å². The molecule has 2 heterocycles. The van der Waals surface area contributed by atoms with Gasteiger partial charge in [-0.2, -0.15) is 0 Å². The topological polar surface area (TPSA) is 49.0 Å². The standard InChI is InChI=1S/C9H11BrClN3O/c10-3-6-1-2-14(4-6)8-7(11)9(15)13-5-12-8/h5-6H,1-4H2,(H,12,13,15). The van der Waals surface area contributed by atoms with E-state index < -0.39 is 0 Å². The summed E-state index contributed by atoms with van der Waals surface area (Å²) in [6, 6.07) is 0. The van der Waals surface area contributed by atoms with Gasteiger partial charge in [0.15, 0.2) is 5.82 Å². The first-order valence-corrected chi connectivity index (χ1v) is 6.26. The van der Waals surface area contributed by atoms with Gasteiger partial charge in [-0.3, -0.25) is 4.79 Å². The van der Waals surface area contributed by atoms with Crippen molar-refractivity contribution in [2.45, 2.75) is 6.42 Å². The van der Waals surface area contributed by atoms with Crippen molar-refractivity contribution in [1.29, 1.82) is 0 Å². The maximum atomic E-state index is 11.3. The van der Waals surface area contributed by atoms with Crippen molar-refractivity contribution in [3.05, 3.63) is 21.7 Å². The van der Waals surface area contributed by atoms with Crippen molar-refractivity contribution >= 4 is 33.3 Å². The first-order valence-electron chi connectivity index (χ1n) is 4.76. The van der Waals surface area contributed by atoms with Gasteiger partial charge in [-0.25, -0.2) is 4.98 Å². The van der Waals surface area contributed by atoms with Crippen LogP contribution in [0.2, 0.25) is 5.02 Å². The number of hydrogen-bond donors (Lipinski definition) is 1. The summed E-state index contributed by atoms with van der Waals surface area (Å²) in [5.41, 5.74) is -0.274. The Balaban J connectivity index is 2.24. The third-order valence-electron chi connectivity index (χ3n) is 2.58. The molecule has 1 saturated heterocycles. The largest absolute Gasteiger partial charge is 0.355 e. The molecule has 1 N–H and O–H groups in total. The molecule has 82 valence electrons. The number of halogens is 2. The van der Waals surface area contributed by atoms with Crippen molar-refractivity contribution < 1.29 is 0 Å². The lowest BCUT2D eigenvalue weighted by Crippen LogP contribution is -2.24. The van der Waals surface area contributed by atoms with Crippen molar-refractivity contribution in [3.8, 4) is 0 Å². The second-order valence-corrected chi connectivity index (χ2v) is 4.65. The minimum atomic E-state index is -0.274. The SMILES string of the molecule is O=c1[nH]cnc(N2CCC(CBr)C2)c1Cl. The Bertz CT molecular complexity index is 409. The highest BCUT2D eigenvalue weighted by atomic mass is 79.9. The lowest BCUT2D eigenvalue weighted by molar-refractivity contribution is 0.675. The average molecular weight is 293 g/mol. The summed E-state index contributed by atoms with van der Waals surface area (Å²) in [5.74, 6) is 1.21. The Morgan fingerprint density at radius 2 is 2.53 bits per heavy atom. The highest BCUT2D eigenvalue weighted by Gasteiger charge is 2.24. The second kappa shape index (κ2) is 4.53. The number of alkyl halides is 1. The van der Waals surface area contributed by atoms with Crippen LogP contribution in [0.15, 0.2) is 11.1 Å². The van der Waals surface area contributed by atoms with E-state index in [1.54, 1.807) is 0 Å². The molecule has 0 bridgehead atoms. The highest BCUT2D eigenvalue weighted by Crippen LogP contribution is 2.26. The quantitative estimate of drug-likeness (QED) is 0.843. The molecule has 0 saturated carbocycles. The maximum Gasteiger partial charge on any atom is 0.271 e. The molecule has 15 heavy (non-hydrogen) atoms. The van der Waals surface area contributed by atoms with Gasteiger partial charge in [0, 0.05) is 18.4 Å². The van der Waals surface area contributed by atoms with Crippen molar-refractivity contribution in [1.82, 2.24) is 9.97 Å². The molecule has 4 nitrogen and oxygen atoms in total. The molecule has 0 aliphatic carbocycles. The number of rotatable bonds is 2. The van der Waals surface area contributed by atoms with Crippen LogP contribution in [0, 0.1) is 5.92 Å². The normalized spacial score (nSPS) is 20.9. The molecule has 1 unspecified atom stereocenters. The number of aromatic amines is 1. The van der Waals surface area contributed by atoms with Gasteiger partial charge in [0.2, 0.25) is 0 Å². The molecular formula is C9H11BrClN3O. The summed E-state index contributed by atoms with van der Waals surface area (Å²) < 4.78 is 0. The van der Waals surface area contributed by atoms with Gasteiger partial charge in [-0.15, -0.1) is 0 Å². The van der Waals surface area contributed by atoms with Crippen LogP contribution in [0.3, 0.4) is 0 Å². The smallest absolute Gasteiger partial charge is 0.271 e. The van der Waals surface area contributed by atoms with E-state index in [-0.39, 0.29) is 10.6 Å². The summed E-state index contributed by atoms with van der Waals surface area (Å²) in [6.07, 6.45) is 2.50. The molecule has 1 aromatic heterocycles. The average Bonchev–Trinajstić information content (AvgIpc) is 2.70. The fraction of sp³-hybridized carbons (Fsp3) is 0.556. The molecule has 1 atom stereocenters. The number of aromatic nitrogens is 2. The summed E-state index contributed by atoms with van der Waals surface area (Å²) in [5, 5.41) is 1.16. The van der Waals surface area contributed by atoms with Gasteiger partial charge < -0.3 is 9.88 Å². The van der Waals surface area contributed by atoms with Crippen LogP contribution in [0.1, 0.15) is 6.42 Å². The maximum absolute atomic E-state index is 11.3. The Morgan fingerprint density at radius 3 is 3.20 bits per heavy atom. The fourth-order valence-electron chi connectivity index (χ4n) is 1.75. The monoisotopic (exact) mass is 291 g/mol. The van der Waals surface area contributed by atoms with Crippen LogP contribution >= 0.6 is 27.5 Å². The zero-order valence-electron chi connectivity index (χ0n) is 8.04. The molecule has 0 aromatic carbocycles. The second-order valence-electron chi connectivity index (χ2n) is 3.62. The Labute approximate surface area is 101 Å². The Kier molecular flexibility index (Phi) is 3.31. The molecule has 1 aliphatic rings. The van der Waals surface area contributed by atoms with Crippen molar-refractivity contribution in [3.63, 3.8) is 0 Å². The van der Waals surface area contributed by atoms with Crippen LogP contribution in [0.25, 0.3) is 0 Å². The molecule has 1 aromatic rings. The van der Waals surface area contributed by atoms with Gasteiger partial charge in [0.25, 0.3) is 5.56 Å². The van der Waals surface area contributed by atoms with E-state index in [4.69, 9.17) is 11.6 Å². The van der Waals surface area contributed by atoms with Gasteiger partial charge in [-0.1, -0.05) is 27.5 Å². The minimum absolute atomic E-state index is 0.188. The number of nitrogens with one attached hydrogen (secondary N) is 1. The predicted molar refractivity (Wildman–Crippen MR) is 64.0 cm³/mol. The molecule has 0 radical (unpaired) electrons. The predicted octanol–water partition coefficient (Wildman–Crippen LogP) is 1.64. The summed E-state index contributed by atoms with van der Waals surface area (Å²) >= 11 is 9.37. The molecule has 6 heteroatoms. The van der Waals surface area contributed by atoms with E-state index in [0.29, 0.717) is 11.7 Å². The fourth-order valence-corrected chi connectivity index (χ4v) is 2.50. The van der Waals surface area contributed by atoms with E-state index in [0.717, 1.165) is 24.8 Å². The third kappa shape index (κ3) is 2.18. The number of nitrogens with zero attached hydrogens (tertiary/aromatic N) is 2. The molecule has 0 spiro atoms. The van der Waals surface area contributed by atoms with Gasteiger partial charge in [0.05, 0.1) is 6.33 Å². The lowest BCUT2D eigenvalue weighted by atomic mass is 10.2. The number of hydrogen-bond acceptors (Lipinski definition) is 3. The third-order valence-corrected chi connectivity index (χ3v) is 3.84. The minimum Gasteiger partial charge on any atom is -0.355 e. The van der Waals surface area contributed by atoms with Crippen LogP contribution in [-0.4, -0.2) is 28.4 Å². The van der Waals surface area contributed by atoms with E-state index in [1.807, 2.05) is 0 Å². The van der Waals surface area contributed by atoms with Gasteiger partial charge >= 0.3 is 0 Å². The van der Waals surface area contributed by atoms with Gasteiger partial charge in [0.1, 0.15) is 5.02 Å². The molecular weight excluding hydrogens is 281 g/mol. The lowest BCUT2D eigenvalue weighted by Gasteiger charge is -2.17. The zero-order valence-corrected chi connectivity index (χ0v) is 10.4. The van der Waals surface area contributed by atoms with E-state index in [1.165, 1.54) is 6.33 Å². The van der Waals surface area contributed by atoms with Gasteiger partial charge in [-0.05, 0) is 12.3 Å². The Morgan fingerprint density at radius 1 is 1.73 bits per heavy atom. The molecule has 1 fully saturated rings. The Hall–Kier alpha value is -0.550. The van der Waals surface area contributed by atoms with Crippen molar-refractivity contribution in [2.75, 3.05) is 23.3 Å². The number of H-pyrrole nitrogens is 1. The zero-order chi connectivity index (χ0) is 10.8. The first-order chi connectivity index (χ1) is 7.22. The highest BCUT2D eigenvalue weighted by molar-refractivity contribution is 9.09. The molecule has 0 amide bonds. The van der Waals surface area contributed by atoms with Crippen LogP contribution in [0.5, 0.6) is 0 Å².